The highest BCUT2D eigenvalue weighted by molar-refractivity contribution is 5.81. The fourth-order valence-corrected chi connectivity index (χ4v) is 3.19. The summed E-state index contributed by atoms with van der Waals surface area (Å²) in [7, 11) is 0. The first-order chi connectivity index (χ1) is 10.2. The summed E-state index contributed by atoms with van der Waals surface area (Å²) in [6.45, 7) is 7.71. The van der Waals surface area contributed by atoms with E-state index in [1.165, 1.54) is 11.1 Å². The number of quaternary nitrogens is 1. The number of rotatable bonds is 3. The van der Waals surface area contributed by atoms with Crippen LogP contribution in [0.4, 0.5) is 0 Å². The lowest BCUT2D eigenvalue weighted by Gasteiger charge is -2.33. The molecule has 0 saturated carbocycles. The number of carbonyl (C=O) groups excluding carboxylic acids is 1. The molecule has 2 fully saturated rings. The lowest BCUT2D eigenvalue weighted by atomic mass is 10.1. The van der Waals surface area contributed by atoms with Gasteiger partial charge in [0, 0.05) is 12.2 Å². The average molecular weight is 289 g/mol. The fourth-order valence-electron chi connectivity index (χ4n) is 3.19. The largest absolute Gasteiger partial charge is 0.368 e. The van der Waals surface area contributed by atoms with Crippen LogP contribution < -0.4 is 4.90 Å². The second-order valence-corrected chi connectivity index (χ2v) is 6.24. The molecule has 2 aliphatic rings. The standard InChI is InChI=1S/C17H24N2O2/c1-14-4-6-15(7-5-14)13-18-8-10-19(11-9-18)17(20)16-3-2-12-21-16/h4-7,16H,2-3,8-13H2,1H3/p+1/t16-/m0/s1. The molecule has 0 spiro atoms. The summed E-state index contributed by atoms with van der Waals surface area (Å²) in [5.74, 6) is 0.210. The first kappa shape index (κ1) is 14.5. The van der Waals surface area contributed by atoms with Gasteiger partial charge < -0.3 is 14.5 Å². The van der Waals surface area contributed by atoms with Gasteiger partial charge in [0.15, 0.2) is 0 Å². The molecule has 114 valence electrons. The summed E-state index contributed by atoms with van der Waals surface area (Å²) in [6.07, 6.45) is 1.76. The maximum Gasteiger partial charge on any atom is 0.252 e. The number of nitrogens with one attached hydrogen (secondary N) is 1. The van der Waals surface area contributed by atoms with Crippen LogP contribution in [0.15, 0.2) is 24.3 Å². The molecule has 21 heavy (non-hydrogen) atoms. The number of carbonyl (C=O) groups is 1. The van der Waals surface area contributed by atoms with Gasteiger partial charge in [0.2, 0.25) is 0 Å². The van der Waals surface area contributed by atoms with E-state index >= 15 is 0 Å². The van der Waals surface area contributed by atoms with Gasteiger partial charge in [0.25, 0.3) is 5.91 Å². The molecule has 4 nitrogen and oxygen atoms in total. The summed E-state index contributed by atoms with van der Waals surface area (Å²) in [5.41, 5.74) is 2.69. The van der Waals surface area contributed by atoms with E-state index in [1.54, 1.807) is 4.90 Å². The molecule has 0 aromatic heterocycles. The predicted octanol–water partition coefficient (Wildman–Crippen LogP) is 0.401. The third-order valence-corrected chi connectivity index (χ3v) is 4.56. The number of nitrogens with zero attached hydrogens (tertiary/aromatic N) is 1. The van der Waals surface area contributed by atoms with Gasteiger partial charge in [0.05, 0.1) is 26.2 Å². The zero-order valence-corrected chi connectivity index (χ0v) is 12.8. The van der Waals surface area contributed by atoms with Crippen LogP contribution in [0.1, 0.15) is 24.0 Å². The van der Waals surface area contributed by atoms with Gasteiger partial charge in [-0.1, -0.05) is 29.8 Å². The van der Waals surface area contributed by atoms with Crippen LogP contribution in [-0.4, -0.2) is 49.7 Å². The summed E-state index contributed by atoms with van der Waals surface area (Å²) in [4.78, 5) is 15.9. The van der Waals surface area contributed by atoms with Crippen LogP contribution in [0, 0.1) is 6.92 Å². The van der Waals surface area contributed by atoms with Gasteiger partial charge in [-0.2, -0.15) is 0 Å². The highest BCUT2D eigenvalue weighted by Gasteiger charge is 2.31. The van der Waals surface area contributed by atoms with Crippen LogP contribution in [0.3, 0.4) is 0 Å². The molecule has 2 heterocycles. The van der Waals surface area contributed by atoms with E-state index in [0.29, 0.717) is 0 Å². The zero-order valence-electron chi connectivity index (χ0n) is 12.8. The molecular weight excluding hydrogens is 264 g/mol. The minimum absolute atomic E-state index is 0.163. The predicted molar refractivity (Wildman–Crippen MR) is 81.1 cm³/mol. The number of hydrogen-bond donors (Lipinski definition) is 1. The molecule has 2 saturated heterocycles. The first-order valence-electron chi connectivity index (χ1n) is 8.02. The summed E-state index contributed by atoms with van der Waals surface area (Å²) in [6, 6.07) is 8.77. The Morgan fingerprint density at radius 3 is 2.62 bits per heavy atom. The third kappa shape index (κ3) is 3.63. The van der Waals surface area contributed by atoms with E-state index in [4.69, 9.17) is 4.74 Å². The van der Waals surface area contributed by atoms with Crippen molar-refractivity contribution < 1.29 is 14.4 Å². The topological polar surface area (TPSA) is 34.0 Å². The van der Waals surface area contributed by atoms with Crippen LogP contribution in [0.5, 0.6) is 0 Å². The number of hydrogen-bond acceptors (Lipinski definition) is 2. The minimum Gasteiger partial charge on any atom is -0.368 e. The van der Waals surface area contributed by atoms with Crippen molar-refractivity contribution in [1.29, 1.82) is 0 Å². The van der Waals surface area contributed by atoms with E-state index in [2.05, 4.69) is 31.2 Å². The van der Waals surface area contributed by atoms with E-state index in [9.17, 15) is 4.79 Å². The van der Waals surface area contributed by atoms with Crippen LogP contribution in [0.2, 0.25) is 0 Å². The Kier molecular flexibility index (Phi) is 4.56. The number of amides is 1. The van der Waals surface area contributed by atoms with Crippen molar-refractivity contribution in [2.75, 3.05) is 32.8 Å². The molecule has 1 aromatic carbocycles. The monoisotopic (exact) mass is 289 g/mol. The Hall–Kier alpha value is -1.39. The molecular formula is C17H25N2O2+. The maximum atomic E-state index is 12.3. The fraction of sp³-hybridized carbons (Fsp3) is 0.588. The minimum atomic E-state index is -0.163. The quantitative estimate of drug-likeness (QED) is 0.874. The second kappa shape index (κ2) is 6.58. The van der Waals surface area contributed by atoms with Crippen molar-refractivity contribution in [2.24, 2.45) is 0 Å². The molecule has 3 rings (SSSR count). The zero-order chi connectivity index (χ0) is 14.7. The Morgan fingerprint density at radius 1 is 1.29 bits per heavy atom. The second-order valence-electron chi connectivity index (χ2n) is 6.24. The number of benzene rings is 1. The maximum absolute atomic E-state index is 12.3. The van der Waals surface area contributed by atoms with Gasteiger partial charge in [-0.25, -0.2) is 0 Å². The summed E-state index contributed by atoms with van der Waals surface area (Å²) < 4.78 is 5.50. The van der Waals surface area contributed by atoms with Crippen LogP contribution in [-0.2, 0) is 16.1 Å². The number of aryl methyl sites for hydroxylation is 1. The Bertz CT molecular complexity index is 472. The van der Waals surface area contributed by atoms with Gasteiger partial charge in [-0.3, -0.25) is 4.79 Å². The van der Waals surface area contributed by atoms with Gasteiger partial charge in [-0.15, -0.1) is 0 Å². The molecule has 2 aliphatic heterocycles. The molecule has 0 radical (unpaired) electrons. The lowest BCUT2D eigenvalue weighted by Crippen LogP contribution is -3.13. The Morgan fingerprint density at radius 2 is 2.00 bits per heavy atom. The highest BCUT2D eigenvalue weighted by atomic mass is 16.5. The van der Waals surface area contributed by atoms with Crippen molar-refractivity contribution in [3.63, 3.8) is 0 Å². The van der Waals surface area contributed by atoms with Gasteiger partial charge >= 0.3 is 0 Å². The van der Waals surface area contributed by atoms with E-state index in [1.807, 2.05) is 4.90 Å². The van der Waals surface area contributed by atoms with Gasteiger partial charge in [0.1, 0.15) is 12.6 Å². The van der Waals surface area contributed by atoms with Gasteiger partial charge in [-0.05, 0) is 19.8 Å². The number of ether oxygens (including phenoxy) is 1. The molecule has 1 N–H and O–H groups in total. The van der Waals surface area contributed by atoms with Crippen LogP contribution >= 0.6 is 0 Å². The smallest absolute Gasteiger partial charge is 0.252 e. The molecule has 1 aromatic rings. The molecule has 4 heteroatoms. The number of piperazine rings is 1. The summed E-state index contributed by atoms with van der Waals surface area (Å²) >= 11 is 0. The molecule has 1 atom stereocenters. The molecule has 0 aliphatic carbocycles. The lowest BCUT2D eigenvalue weighted by molar-refractivity contribution is -0.917. The third-order valence-electron chi connectivity index (χ3n) is 4.56. The van der Waals surface area contributed by atoms with Crippen molar-refractivity contribution in [3.05, 3.63) is 35.4 Å². The average Bonchev–Trinajstić information content (AvgIpc) is 3.04. The first-order valence-corrected chi connectivity index (χ1v) is 8.02. The molecule has 0 bridgehead atoms. The Balaban J connectivity index is 1.48. The van der Waals surface area contributed by atoms with E-state index in [0.717, 1.165) is 52.2 Å². The van der Waals surface area contributed by atoms with Crippen molar-refractivity contribution in [3.8, 4) is 0 Å². The van der Waals surface area contributed by atoms with E-state index in [-0.39, 0.29) is 12.0 Å². The Labute approximate surface area is 126 Å². The molecule has 0 unspecified atom stereocenters. The van der Waals surface area contributed by atoms with Crippen molar-refractivity contribution in [2.45, 2.75) is 32.4 Å². The highest BCUT2D eigenvalue weighted by Crippen LogP contribution is 2.14. The van der Waals surface area contributed by atoms with Crippen molar-refractivity contribution in [1.82, 2.24) is 4.90 Å². The normalized spacial score (nSPS) is 23.5. The van der Waals surface area contributed by atoms with E-state index < -0.39 is 0 Å². The van der Waals surface area contributed by atoms with Crippen molar-refractivity contribution >= 4 is 5.91 Å². The molecule has 1 amide bonds. The SMILES string of the molecule is Cc1ccc(C[NH+]2CCN(C(=O)[C@@H]3CCCO3)CC2)cc1. The van der Waals surface area contributed by atoms with Crippen LogP contribution in [0.25, 0.3) is 0 Å². The summed E-state index contributed by atoms with van der Waals surface area (Å²) in [5, 5.41) is 0.